The van der Waals surface area contributed by atoms with Gasteiger partial charge in [-0.3, -0.25) is 0 Å². The summed E-state index contributed by atoms with van der Waals surface area (Å²) in [5.74, 6) is 0.260. The van der Waals surface area contributed by atoms with Crippen molar-refractivity contribution >= 4 is 23.4 Å². The number of hydrogen-bond donors (Lipinski definition) is 3. The lowest BCUT2D eigenvalue weighted by Crippen LogP contribution is -2.40. The van der Waals surface area contributed by atoms with Crippen LogP contribution in [-0.2, 0) is 11.2 Å². The number of amides is 2. The molecule has 0 aliphatic rings. The molecule has 0 heterocycles. The van der Waals surface area contributed by atoms with E-state index in [0.29, 0.717) is 36.7 Å². The molecule has 2 rings (SSSR count). The van der Waals surface area contributed by atoms with E-state index >= 15 is 0 Å². The van der Waals surface area contributed by atoms with Gasteiger partial charge in [-0.2, -0.15) is 0 Å². The first kappa shape index (κ1) is 28.8. The zero-order chi connectivity index (χ0) is 26.6. The predicted molar refractivity (Wildman–Crippen MR) is 144 cm³/mol. The molecule has 0 unspecified atom stereocenters. The number of hydrogen-bond acceptors (Lipinski definition) is 5. The summed E-state index contributed by atoms with van der Waals surface area (Å²) >= 11 is 0. The number of anilines is 2. The van der Waals surface area contributed by atoms with Crippen molar-refractivity contribution in [1.82, 2.24) is 4.90 Å². The van der Waals surface area contributed by atoms with Crippen molar-refractivity contribution in [3.05, 3.63) is 48.0 Å². The van der Waals surface area contributed by atoms with Crippen LogP contribution in [0.3, 0.4) is 0 Å². The predicted octanol–water partition coefficient (Wildman–Crippen LogP) is 6.03. The second-order valence-corrected chi connectivity index (χ2v) is 9.40. The van der Waals surface area contributed by atoms with Crippen LogP contribution in [0.1, 0.15) is 58.4 Å². The Balaban J connectivity index is 2.11. The lowest BCUT2D eigenvalue weighted by atomic mass is 10.0. The molecule has 0 saturated carbocycles. The summed E-state index contributed by atoms with van der Waals surface area (Å²) < 4.78 is 10.7. The van der Waals surface area contributed by atoms with Gasteiger partial charge in [-0.1, -0.05) is 44.7 Å². The zero-order valence-electron chi connectivity index (χ0n) is 22.2. The molecule has 0 aliphatic carbocycles. The average molecular weight is 500 g/mol. The van der Waals surface area contributed by atoms with Crippen molar-refractivity contribution in [2.24, 2.45) is 0 Å². The molecule has 2 aromatic carbocycles. The van der Waals surface area contributed by atoms with Gasteiger partial charge in [-0.05, 0) is 56.5 Å². The maximum atomic E-state index is 13.3. The third kappa shape index (κ3) is 8.98. The number of nitrogens with one attached hydrogen (secondary N) is 2. The number of carboxylic acid groups (broad SMARTS) is 1. The van der Waals surface area contributed by atoms with Crippen LogP contribution in [-0.4, -0.2) is 54.9 Å². The molecule has 2 amide bonds. The van der Waals surface area contributed by atoms with E-state index in [0.717, 1.165) is 30.5 Å². The van der Waals surface area contributed by atoms with Crippen molar-refractivity contribution in [2.45, 2.75) is 64.8 Å². The minimum Gasteiger partial charge on any atom is -0.497 e. The Morgan fingerprint density at radius 1 is 0.972 bits per heavy atom. The fourth-order valence-electron chi connectivity index (χ4n) is 3.80. The second-order valence-electron chi connectivity index (χ2n) is 9.40. The fourth-order valence-corrected chi connectivity index (χ4v) is 3.80. The number of rotatable bonds is 15. The van der Waals surface area contributed by atoms with Gasteiger partial charge in [0.15, 0.2) is 0 Å². The molecule has 0 aliphatic heterocycles. The van der Waals surface area contributed by atoms with Crippen LogP contribution in [0.2, 0.25) is 0 Å². The van der Waals surface area contributed by atoms with Crippen LogP contribution in [0, 0.1) is 0 Å². The van der Waals surface area contributed by atoms with Crippen molar-refractivity contribution in [3.8, 4) is 11.5 Å². The zero-order valence-corrected chi connectivity index (χ0v) is 22.2. The summed E-state index contributed by atoms with van der Waals surface area (Å²) in [6.07, 6.45) is 6.18. The number of ether oxygens (including phenoxy) is 2. The largest absolute Gasteiger partial charge is 0.497 e. The molecule has 0 radical (unpaired) electrons. The van der Waals surface area contributed by atoms with Crippen molar-refractivity contribution < 1.29 is 24.2 Å². The molecule has 0 atom stereocenters. The molecule has 0 bridgehead atoms. The van der Waals surface area contributed by atoms with Gasteiger partial charge in [-0.15, -0.1) is 0 Å². The maximum absolute atomic E-state index is 13.3. The molecule has 36 heavy (non-hydrogen) atoms. The summed E-state index contributed by atoms with van der Waals surface area (Å²) in [7, 11) is 3.14. The first-order valence-electron chi connectivity index (χ1n) is 12.6. The van der Waals surface area contributed by atoms with Gasteiger partial charge in [0.25, 0.3) is 0 Å². The molecule has 0 fully saturated rings. The second kappa shape index (κ2) is 14.2. The third-order valence-corrected chi connectivity index (χ3v) is 6.06. The topological polar surface area (TPSA) is 100 Å². The molecule has 3 N–H and O–H groups in total. The molecule has 0 saturated heterocycles. The Labute approximate surface area is 215 Å². The van der Waals surface area contributed by atoms with E-state index in [1.54, 1.807) is 46.3 Å². The summed E-state index contributed by atoms with van der Waals surface area (Å²) in [4.78, 5) is 26.6. The number of carboxylic acids is 1. The number of unbranched alkanes of at least 4 members (excludes halogenated alkanes) is 4. The average Bonchev–Trinajstić information content (AvgIpc) is 2.85. The first-order chi connectivity index (χ1) is 17.2. The monoisotopic (exact) mass is 499 g/mol. The van der Waals surface area contributed by atoms with Crippen LogP contribution in [0.25, 0.3) is 0 Å². The van der Waals surface area contributed by atoms with E-state index in [-0.39, 0.29) is 6.03 Å². The van der Waals surface area contributed by atoms with E-state index < -0.39 is 11.5 Å². The molecule has 8 heteroatoms. The van der Waals surface area contributed by atoms with Gasteiger partial charge >= 0.3 is 12.0 Å². The number of nitrogens with zero attached hydrogens (tertiary/aromatic N) is 1. The number of carbonyl (C=O) groups excluding carboxylic acids is 1. The number of benzene rings is 2. The fraction of sp³-hybridized carbons (Fsp3) is 0.500. The minimum absolute atomic E-state index is 0.185. The van der Waals surface area contributed by atoms with E-state index in [1.165, 1.54) is 12.8 Å². The maximum Gasteiger partial charge on any atom is 0.328 e. The van der Waals surface area contributed by atoms with E-state index in [4.69, 9.17) is 9.47 Å². The van der Waals surface area contributed by atoms with Gasteiger partial charge in [0.2, 0.25) is 0 Å². The van der Waals surface area contributed by atoms with E-state index in [1.807, 2.05) is 29.2 Å². The molecule has 0 aromatic heterocycles. The highest BCUT2D eigenvalue weighted by atomic mass is 16.5. The molecule has 2 aromatic rings. The Kier molecular flexibility index (Phi) is 11.4. The van der Waals surface area contributed by atoms with Crippen LogP contribution in [0.4, 0.5) is 16.2 Å². The summed E-state index contributed by atoms with van der Waals surface area (Å²) in [5.41, 5.74) is 1.26. The van der Waals surface area contributed by atoms with E-state index in [9.17, 15) is 14.7 Å². The highest BCUT2D eigenvalue weighted by molar-refractivity contribution is 5.91. The summed E-state index contributed by atoms with van der Waals surface area (Å²) in [6.45, 7) is 6.62. The molecule has 198 valence electrons. The summed E-state index contributed by atoms with van der Waals surface area (Å²) in [6, 6.07) is 12.8. The third-order valence-electron chi connectivity index (χ3n) is 6.06. The van der Waals surface area contributed by atoms with Crippen molar-refractivity contribution in [3.63, 3.8) is 0 Å². The Bertz CT molecular complexity index is 993. The smallest absolute Gasteiger partial charge is 0.328 e. The number of aliphatic carboxylic acids is 1. The standard InChI is InChI=1S/C28H41N3O5/c1-6-7-8-9-10-17-31(27(34)29-24-15-14-23(35-4)20-25(24)36-5)18-16-21-12-11-13-22(19-21)30-28(2,3)26(32)33/h11-15,19-20,30H,6-10,16-18H2,1-5H3,(H,29,34)(H,32,33). The normalized spacial score (nSPS) is 11.0. The van der Waals surface area contributed by atoms with Crippen molar-refractivity contribution in [1.29, 1.82) is 0 Å². The first-order valence-corrected chi connectivity index (χ1v) is 12.6. The number of carbonyl (C=O) groups is 2. The number of methoxy groups -OCH3 is 2. The van der Waals surface area contributed by atoms with Gasteiger partial charge in [-0.25, -0.2) is 9.59 Å². The Hall–Kier alpha value is -3.42. The molecule has 8 nitrogen and oxygen atoms in total. The quantitative estimate of drug-likeness (QED) is 0.259. The van der Waals surface area contributed by atoms with Crippen LogP contribution in [0.15, 0.2) is 42.5 Å². The Morgan fingerprint density at radius 2 is 1.72 bits per heavy atom. The van der Waals surface area contributed by atoms with Gasteiger partial charge in [0.05, 0.1) is 19.9 Å². The molecular weight excluding hydrogens is 458 g/mol. The van der Waals surface area contributed by atoms with Gasteiger partial charge in [0, 0.05) is 24.8 Å². The van der Waals surface area contributed by atoms with Gasteiger partial charge < -0.3 is 30.1 Å². The Morgan fingerprint density at radius 3 is 2.39 bits per heavy atom. The lowest BCUT2D eigenvalue weighted by Gasteiger charge is -2.25. The van der Waals surface area contributed by atoms with Crippen LogP contribution < -0.4 is 20.1 Å². The highest BCUT2D eigenvalue weighted by Crippen LogP contribution is 2.29. The van der Waals surface area contributed by atoms with Gasteiger partial charge in [0.1, 0.15) is 17.0 Å². The highest BCUT2D eigenvalue weighted by Gasteiger charge is 2.26. The molecular formula is C28H41N3O5. The van der Waals surface area contributed by atoms with Crippen LogP contribution in [0.5, 0.6) is 11.5 Å². The lowest BCUT2D eigenvalue weighted by molar-refractivity contribution is -0.141. The minimum atomic E-state index is -1.08. The van der Waals surface area contributed by atoms with Crippen molar-refractivity contribution in [2.75, 3.05) is 37.9 Å². The number of urea groups is 1. The SMILES string of the molecule is CCCCCCCN(CCc1cccc(NC(C)(C)C(=O)O)c1)C(=O)Nc1ccc(OC)cc1OC. The molecule has 0 spiro atoms. The van der Waals surface area contributed by atoms with Crippen LogP contribution >= 0.6 is 0 Å². The summed E-state index contributed by atoms with van der Waals surface area (Å²) in [5, 5.41) is 15.4. The van der Waals surface area contributed by atoms with E-state index in [2.05, 4.69) is 17.6 Å².